The molecule has 0 fully saturated rings. The predicted octanol–water partition coefficient (Wildman–Crippen LogP) is 0.183. The Labute approximate surface area is 97.7 Å². The van der Waals surface area contributed by atoms with E-state index < -0.39 is 11.4 Å². The van der Waals surface area contributed by atoms with Gasteiger partial charge in [0.05, 0.1) is 24.1 Å². The molecule has 6 heteroatoms. The lowest BCUT2D eigenvalue weighted by atomic mass is 10.1. The third kappa shape index (κ3) is 1.99. The standard InChI is InChI=1S/C10H14N4OS/c1-7(8(2)16(11)15)10-5-9-6-12-3-4-14(9)13-10/h3,5-6,8,13H,1,4,11H2,2H3. The van der Waals surface area contributed by atoms with E-state index in [-0.39, 0.29) is 5.25 Å². The predicted molar refractivity (Wildman–Crippen MR) is 65.4 cm³/mol. The molecule has 5 nitrogen and oxygen atoms in total. The summed E-state index contributed by atoms with van der Waals surface area (Å²) in [6.45, 7) is 6.42. The molecule has 0 aromatic heterocycles. The van der Waals surface area contributed by atoms with E-state index in [2.05, 4.69) is 17.0 Å². The van der Waals surface area contributed by atoms with Crippen molar-refractivity contribution in [3.8, 4) is 0 Å². The number of hydrogen-bond donors (Lipinski definition) is 2. The SMILES string of the molecule is C=C(C1=CC2=CN=CCN2N1)C(C)[S+](N)[O-]. The van der Waals surface area contributed by atoms with Crippen molar-refractivity contribution in [1.29, 1.82) is 0 Å². The molecule has 0 saturated carbocycles. The van der Waals surface area contributed by atoms with Gasteiger partial charge in [0, 0.05) is 23.1 Å². The van der Waals surface area contributed by atoms with Crippen LogP contribution in [0.25, 0.3) is 0 Å². The van der Waals surface area contributed by atoms with Crippen LogP contribution in [0.15, 0.2) is 40.8 Å². The van der Waals surface area contributed by atoms with Crippen LogP contribution in [0, 0.1) is 0 Å². The summed E-state index contributed by atoms with van der Waals surface area (Å²) in [6, 6.07) is 0. The smallest absolute Gasteiger partial charge is 0.158 e. The van der Waals surface area contributed by atoms with Crippen molar-refractivity contribution in [2.75, 3.05) is 6.54 Å². The highest BCUT2D eigenvalue weighted by Crippen LogP contribution is 2.24. The molecule has 86 valence electrons. The molecule has 2 unspecified atom stereocenters. The van der Waals surface area contributed by atoms with Gasteiger partial charge in [0.15, 0.2) is 5.25 Å². The normalized spacial score (nSPS) is 21.8. The van der Waals surface area contributed by atoms with E-state index in [1.165, 1.54) is 0 Å². The Morgan fingerprint density at radius 2 is 2.56 bits per heavy atom. The maximum absolute atomic E-state index is 11.2. The molecular formula is C10H14N4OS. The van der Waals surface area contributed by atoms with Crippen LogP contribution in [-0.2, 0) is 11.4 Å². The molecule has 2 atom stereocenters. The Hall–Kier alpha value is -1.24. The molecule has 0 spiro atoms. The van der Waals surface area contributed by atoms with Crippen molar-refractivity contribution >= 4 is 17.6 Å². The van der Waals surface area contributed by atoms with Crippen molar-refractivity contribution in [2.24, 2.45) is 10.1 Å². The Morgan fingerprint density at radius 3 is 3.19 bits per heavy atom. The van der Waals surface area contributed by atoms with E-state index in [4.69, 9.17) is 5.14 Å². The minimum absolute atomic E-state index is 0.262. The summed E-state index contributed by atoms with van der Waals surface area (Å²) in [5, 5.41) is 7.04. The second kappa shape index (κ2) is 4.32. The minimum Gasteiger partial charge on any atom is -0.598 e. The molecule has 3 N–H and O–H groups in total. The quantitative estimate of drug-likeness (QED) is 0.688. The van der Waals surface area contributed by atoms with Crippen LogP contribution in [0.2, 0.25) is 0 Å². The number of nitrogens with one attached hydrogen (secondary N) is 1. The maximum atomic E-state index is 11.2. The number of aliphatic imine (C=N–C) groups is 1. The molecule has 2 aliphatic heterocycles. The fraction of sp³-hybridized carbons (Fsp3) is 0.300. The Balaban J connectivity index is 2.13. The summed E-state index contributed by atoms with van der Waals surface area (Å²) in [7, 11) is 0. The molecule has 2 heterocycles. The molecule has 0 amide bonds. The first kappa shape index (κ1) is 11.3. The number of nitrogens with zero attached hydrogens (tertiary/aromatic N) is 2. The van der Waals surface area contributed by atoms with Gasteiger partial charge < -0.3 is 4.55 Å². The largest absolute Gasteiger partial charge is 0.598 e. The zero-order valence-corrected chi connectivity index (χ0v) is 9.83. The van der Waals surface area contributed by atoms with E-state index in [1.54, 1.807) is 19.3 Å². The molecule has 0 radical (unpaired) electrons. The molecular weight excluding hydrogens is 224 g/mol. The van der Waals surface area contributed by atoms with Gasteiger partial charge in [-0.05, 0) is 13.0 Å². The van der Waals surface area contributed by atoms with E-state index in [0.717, 1.165) is 17.0 Å². The van der Waals surface area contributed by atoms with Crippen molar-refractivity contribution in [1.82, 2.24) is 10.4 Å². The van der Waals surface area contributed by atoms with Crippen LogP contribution in [0.5, 0.6) is 0 Å². The number of nitrogens with two attached hydrogens (primary N) is 1. The van der Waals surface area contributed by atoms with Crippen LogP contribution < -0.4 is 10.6 Å². The maximum Gasteiger partial charge on any atom is 0.158 e. The second-order valence-electron chi connectivity index (χ2n) is 3.66. The highest BCUT2D eigenvalue weighted by molar-refractivity contribution is 7.89. The van der Waals surface area contributed by atoms with Crippen molar-refractivity contribution < 1.29 is 4.55 Å². The van der Waals surface area contributed by atoms with Crippen molar-refractivity contribution in [3.05, 3.63) is 35.8 Å². The van der Waals surface area contributed by atoms with Gasteiger partial charge in [0.1, 0.15) is 0 Å². The third-order valence-electron chi connectivity index (χ3n) is 2.62. The molecule has 0 aromatic rings. The highest BCUT2D eigenvalue weighted by Gasteiger charge is 2.26. The summed E-state index contributed by atoms with van der Waals surface area (Å²) in [6.07, 6.45) is 5.50. The average molecular weight is 238 g/mol. The number of fused-ring (bicyclic) bond motifs is 1. The van der Waals surface area contributed by atoms with Crippen molar-refractivity contribution in [3.63, 3.8) is 0 Å². The van der Waals surface area contributed by atoms with Gasteiger partial charge in [0.25, 0.3) is 0 Å². The van der Waals surface area contributed by atoms with Gasteiger partial charge in [-0.3, -0.25) is 15.4 Å². The summed E-state index contributed by atoms with van der Waals surface area (Å²) < 4.78 is 11.2. The number of rotatable bonds is 3. The zero-order valence-electron chi connectivity index (χ0n) is 9.01. The van der Waals surface area contributed by atoms with Crippen molar-refractivity contribution in [2.45, 2.75) is 12.2 Å². The first-order chi connectivity index (χ1) is 7.59. The molecule has 2 rings (SSSR count). The molecule has 2 aliphatic rings. The highest BCUT2D eigenvalue weighted by atomic mass is 32.2. The van der Waals surface area contributed by atoms with Crippen LogP contribution >= 0.6 is 0 Å². The number of allylic oxidation sites excluding steroid dienone is 2. The first-order valence-corrected chi connectivity index (χ1v) is 6.19. The number of hydrazine groups is 1. The van der Waals surface area contributed by atoms with Gasteiger partial charge >= 0.3 is 0 Å². The summed E-state index contributed by atoms with van der Waals surface area (Å²) >= 11 is -1.40. The Kier molecular flexibility index (Phi) is 3.04. The third-order valence-corrected chi connectivity index (χ3v) is 3.60. The van der Waals surface area contributed by atoms with Crippen LogP contribution in [0.3, 0.4) is 0 Å². The lowest BCUT2D eigenvalue weighted by molar-refractivity contribution is 0.346. The second-order valence-corrected chi connectivity index (χ2v) is 5.03. The molecule has 16 heavy (non-hydrogen) atoms. The molecule has 0 aromatic carbocycles. The minimum atomic E-state index is -1.40. The molecule has 0 saturated heterocycles. The monoisotopic (exact) mass is 238 g/mol. The Morgan fingerprint density at radius 1 is 1.81 bits per heavy atom. The summed E-state index contributed by atoms with van der Waals surface area (Å²) in [4.78, 5) is 4.07. The van der Waals surface area contributed by atoms with Gasteiger partial charge in [-0.1, -0.05) is 6.58 Å². The first-order valence-electron chi connectivity index (χ1n) is 4.91. The van der Waals surface area contributed by atoms with Crippen LogP contribution in [0.4, 0.5) is 0 Å². The van der Waals surface area contributed by atoms with Crippen LogP contribution in [-0.4, -0.2) is 27.6 Å². The fourth-order valence-corrected chi connectivity index (χ4v) is 1.91. The number of hydrogen-bond acceptors (Lipinski definition) is 5. The lowest BCUT2D eigenvalue weighted by Crippen LogP contribution is -2.36. The van der Waals surface area contributed by atoms with Gasteiger partial charge in [-0.15, -0.1) is 0 Å². The van der Waals surface area contributed by atoms with Gasteiger partial charge in [-0.25, -0.2) is 0 Å². The summed E-state index contributed by atoms with van der Waals surface area (Å²) in [5.74, 6) is 0. The van der Waals surface area contributed by atoms with E-state index in [9.17, 15) is 4.55 Å². The fourth-order valence-electron chi connectivity index (χ4n) is 1.51. The zero-order chi connectivity index (χ0) is 11.7. The average Bonchev–Trinajstić information content (AvgIpc) is 2.70. The van der Waals surface area contributed by atoms with Gasteiger partial charge in [0.2, 0.25) is 0 Å². The van der Waals surface area contributed by atoms with E-state index >= 15 is 0 Å². The van der Waals surface area contributed by atoms with E-state index in [1.807, 2.05) is 11.1 Å². The van der Waals surface area contributed by atoms with Crippen LogP contribution in [0.1, 0.15) is 6.92 Å². The lowest BCUT2D eigenvalue weighted by Gasteiger charge is -2.22. The summed E-state index contributed by atoms with van der Waals surface area (Å²) in [5.41, 5.74) is 5.75. The molecule has 0 aliphatic carbocycles. The Bertz CT molecular complexity index is 400. The van der Waals surface area contributed by atoms with E-state index in [0.29, 0.717) is 6.54 Å². The van der Waals surface area contributed by atoms with Gasteiger partial charge in [-0.2, -0.15) is 5.14 Å². The topological polar surface area (TPSA) is 76.7 Å². The molecule has 0 bridgehead atoms.